The third kappa shape index (κ3) is 4.03. The summed E-state index contributed by atoms with van der Waals surface area (Å²) in [6.07, 6.45) is 8.73. The van der Waals surface area contributed by atoms with E-state index in [-0.39, 0.29) is 17.2 Å². The van der Waals surface area contributed by atoms with Crippen LogP contribution in [0.3, 0.4) is 0 Å². The van der Waals surface area contributed by atoms with Crippen molar-refractivity contribution in [3.8, 4) is 0 Å². The van der Waals surface area contributed by atoms with Crippen molar-refractivity contribution in [1.29, 1.82) is 0 Å². The summed E-state index contributed by atoms with van der Waals surface area (Å²) in [4.78, 5) is 30.8. The molecule has 4 aromatic rings. The molecule has 2 amide bonds. The lowest BCUT2D eigenvalue weighted by molar-refractivity contribution is -0.131. The minimum Gasteiger partial charge on any atom is -0.361 e. The van der Waals surface area contributed by atoms with Crippen LogP contribution in [0.2, 0.25) is 0 Å². The van der Waals surface area contributed by atoms with Crippen LogP contribution in [0.1, 0.15) is 39.9 Å². The first kappa shape index (κ1) is 21.4. The van der Waals surface area contributed by atoms with Crippen LogP contribution in [-0.4, -0.2) is 34.8 Å². The summed E-state index contributed by atoms with van der Waals surface area (Å²) >= 11 is 0. The number of piperidine rings is 1. The number of nitrogens with zero attached hydrogens (tertiary/aromatic N) is 1. The second-order valence-corrected chi connectivity index (χ2v) is 9.57. The van der Waals surface area contributed by atoms with Crippen LogP contribution in [-0.2, 0) is 16.6 Å². The lowest BCUT2D eigenvalue weighted by Gasteiger charge is -2.39. The van der Waals surface area contributed by atoms with E-state index >= 15 is 0 Å². The van der Waals surface area contributed by atoms with E-state index < -0.39 is 0 Å². The number of benzene rings is 3. The molecule has 2 aliphatic rings. The van der Waals surface area contributed by atoms with E-state index in [1.165, 1.54) is 11.1 Å². The normalized spacial score (nSPS) is 15.9. The molecule has 1 aliphatic heterocycles. The molecule has 1 aliphatic carbocycles. The fraction of sp³-hybridized carbons (Fsp3) is 0.200. The Bertz CT molecular complexity index is 1440. The van der Waals surface area contributed by atoms with Gasteiger partial charge in [-0.25, -0.2) is 0 Å². The van der Waals surface area contributed by atoms with Crippen molar-refractivity contribution in [2.24, 2.45) is 0 Å². The second-order valence-electron chi connectivity index (χ2n) is 9.57. The number of likely N-dealkylation sites (tertiary alicyclic amines) is 1. The van der Waals surface area contributed by atoms with Gasteiger partial charge in [0.25, 0.3) is 5.91 Å². The molecule has 6 rings (SSSR count). The summed E-state index contributed by atoms with van der Waals surface area (Å²) in [6.45, 7) is 1.55. The third-order valence-electron chi connectivity index (χ3n) is 7.47. The summed E-state index contributed by atoms with van der Waals surface area (Å²) in [5.41, 5.74) is 6.07. The molecule has 35 heavy (non-hydrogen) atoms. The average molecular weight is 462 g/mol. The zero-order valence-electron chi connectivity index (χ0n) is 19.5. The molecular formula is C30H27N3O2. The first-order valence-corrected chi connectivity index (χ1v) is 12.1. The zero-order chi connectivity index (χ0) is 23.8. The van der Waals surface area contributed by atoms with Crippen LogP contribution >= 0.6 is 0 Å². The fourth-order valence-corrected chi connectivity index (χ4v) is 5.42. The Labute approximate surface area is 204 Å². The topological polar surface area (TPSA) is 65.2 Å². The smallest absolute Gasteiger partial charge is 0.255 e. The summed E-state index contributed by atoms with van der Waals surface area (Å²) in [5.74, 6) is 0.00779. The largest absolute Gasteiger partial charge is 0.361 e. The van der Waals surface area contributed by atoms with Crippen molar-refractivity contribution in [1.82, 2.24) is 9.88 Å². The number of H-pyrrole nitrogens is 1. The predicted octanol–water partition coefficient (Wildman–Crippen LogP) is 5.55. The lowest BCUT2D eigenvalue weighted by Crippen LogP contribution is -2.44. The van der Waals surface area contributed by atoms with Crippen LogP contribution in [0.25, 0.3) is 17.0 Å². The van der Waals surface area contributed by atoms with Gasteiger partial charge in [-0.15, -0.1) is 0 Å². The molecule has 1 fully saturated rings. The first-order chi connectivity index (χ1) is 17.1. The summed E-state index contributed by atoms with van der Waals surface area (Å²) in [7, 11) is 0. The average Bonchev–Trinajstić information content (AvgIpc) is 3.50. The molecule has 1 aromatic heterocycles. The van der Waals surface area contributed by atoms with E-state index in [1.54, 1.807) is 0 Å². The molecule has 0 unspecified atom stereocenters. The number of nitrogens with one attached hydrogen (secondary N) is 2. The van der Waals surface area contributed by atoms with Crippen molar-refractivity contribution in [2.45, 2.75) is 24.7 Å². The molecule has 5 nitrogen and oxygen atoms in total. The molecule has 2 heterocycles. The quantitative estimate of drug-likeness (QED) is 0.419. The SMILES string of the molecule is O=C(Nc1ccc(CC(=O)N2CCC3(C=Cc4ccccc43)CC2)cc1)c1ccc2[nH]ccc2c1. The minimum atomic E-state index is -0.151. The number of hydrogen-bond acceptors (Lipinski definition) is 2. The number of rotatable bonds is 4. The van der Waals surface area contributed by atoms with Gasteiger partial charge >= 0.3 is 0 Å². The summed E-state index contributed by atoms with van der Waals surface area (Å²) in [6, 6.07) is 23.7. The Balaban J connectivity index is 1.05. The number of hydrogen-bond donors (Lipinski definition) is 2. The van der Waals surface area contributed by atoms with Crippen LogP contribution in [0, 0.1) is 0 Å². The lowest BCUT2D eigenvalue weighted by atomic mass is 9.74. The van der Waals surface area contributed by atoms with Crippen molar-refractivity contribution < 1.29 is 9.59 Å². The monoisotopic (exact) mass is 461 g/mol. The van der Waals surface area contributed by atoms with E-state index in [0.717, 1.165) is 42.4 Å². The van der Waals surface area contributed by atoms with Crippen molar-refractivity contribution in [3.63, 3.8) is 0 Å². The highest BCUT2D eigenvalue weighted by Gasteiger charge is 2.38. The van der Waals surface area contributed by atoms with Crippen molar-refractivity contribution in [2.75, 3.05) is 18.4 Å². The van der Waals surface area contributed by atoms with Crippen molar-refractivity contribution >= 4 is 34.5 Å². The Morgan fingerprint density at radius 2 is 1.74 bits per heavy atom. The van der Waals surface area contributed by atoms with Gasteiger partial charge in [-0.2, -0.15) is 0 Å². The van der Waals surface area contributed by atoms with Gasteiger partial charge in [-0.1, -0.05) is 48.6 Å². The Kier molecular flexibility index (Phi) is 5.25. The van der Waals surface area contributed by atoms with Crippen molar-refractivity contribution in [3.05, 3.63) is 107 Å². The van der Waals surface area contributed by atoms with E-state index in [2.05, 4.69) is 46.7 Å². The Hall–Kier alpha value is -4.12. The number of aromatic amines is 1. The summed E-state index contributed by atoms with van der Waals surface area (Å²) < 4.78 is 0. The standard InChI is InChI=1S/C30H27N3O2/c34-28(33-17-14-30(15-18-33)13-11-22-3-1-2-4-26(22)30)19-21-5-8-25(9-6-21)32-29(35)24-7-10-27-23(20-24)12-16-31-27/h1-13,16,20,31H,14-15,17-19H2,(H,32,35). The Morgan fingerprint density at radius 1 is 0.943 bits per heavy atom. The van der Waals surface area contributed by atoms with Crippen LogP contribution in [0.4, 0.5) is 5.69 Å². The molecule has 2 N–H and O–H groups in total. The maximum atomic E-state index is 13.0. The van der Waals surface area contributed by atoms with Crippen LogP contribution in [0.15, 0.2) is 85.1 Å². The number of amides is 2. The molecule has 3 aromatic carbocycles. The van der Waals surface area contributed by atoms with Gasteiger partial charge in [0.1, 0.15) is 0 Å². The Morgan fingerprint density at radius 3 is 2.57 bits per heavy atom. The van der Waals surface area contributed by atoms with Gasteiger partial charge < -0.3 is 15.2 Å². The van der Waals surface area contributed by atoms with E-state index in [1.807, 2.05) is 59.6 Å². The van der Waals surface area contributed by atoms with E-state index in [9.17, 15) is 9.59 Å². The van der Waals surface area contributed by atoms with Gasteiger partial charge in [0, 0.05) is 46.9 Å². The number of carbonyl (C=O) groups is 2. The van der Waals surface area contributed by atoms with E-state index in [0.29, 0.717) is 17.7 Å². The van der Waals surface area contributed by atoms with E-state index in [4.69, 9.17) is 0 Å². The zero-order valence-corrected chi connectivity index (χ0v) is 19.5. The minimum absolute atomic E-state index is 0.0822. The maximum absolute atomic E-state index is 13.0. The maximum Gasteiger partial charge on any atom is 0.255 e. The first-order valence-electron chi connectivity index (χ1n) is 12.1. The molecule has 0 bridgehead atoms. The van der Waals surface area contributed by atoms with Gasteiger partial charge in [0.05, 0.1) is 6.42 Å². The third-order valence-corrected chi connectivity index (χ3v) is 7.47. The molecule has 0 atom stereocenters. The van der Waals surface area contributed by atoms with Crippen LogP contribution in [0.5, 0.6) is 0 Å². The highest BCUT2D eigenvalue weighted by atomic mass is 16.2. The number of fused-ring (bicyclic) bond motifs is 3. The predicted molar refractivity (Wildman–Crippen MR) is 139 cm³/mol. The summed E-state index contributed by atoms with van der Waals surface area (Å²) in [5, 5.41) is 3.95. The molecule has 174 valence electrons. The molecule has 0 radical (unpaired) electrons. The van der Waals surface area contributed by atoms with Crippen LogP contribution < -0.4 is 5.32 Å². The number of allylic oxidation sites excluding steroid dienone is 1. The second kappa shape index (κ2) is 8.58. The molecular weight excluding hydrogens is 434 g/mol. The van der Waals surface area contributed by atoms with Gasteiger partial charge in [0.15, 0.2) is 0 Å². The molecule has 1 saturated heterocycles. The molecule has 1 spiro atoms. The number of carbonyl (C=O) groups excluding carboxylic acids is 2. The number of aromatic nitrogens is 1. The van der Waals surface area contributed by atoms with Gasteiger partial charge in [-0.05, 0) is 65.9 Å². The highest BCUT2D eigenvalue weighted by molar-refractivity contribution is 6.06. The molecule has 5 heteroatoms. The molecule has 0 saturated carbocycles. The highest BCUT2D eigenvalue weighted by Crippen LogP contribution is 2.43. The van der Waals surface area contributed by atoms with Gasteiger partial charge in [-0.3, -0.25) is 9.59 Å². The van der Waals surface area contributed by atoms with Gasteiger partial charge in [0.2, 0.25) is 5.91 Å². The number of anilines is 1. The fourth-order valence-electron chi connectivity index (χ4n) is 5.42.